The van der Waals surface area contributed by atoms with Crippen LogP contribution < -0.4 is 15.5 Å². The Hall–Kier alpha value is -2.54. The summed E-state index contributed by atoms with van der Waals surface area (Å²) in [7, 11) is 2.09. The number of rotatable bonds is 6. The lowest BCUT2D eigenvalue weighted by Gasteiger charge is -2.28. The van der Waals surface area contributed by atoms with Crippen molar-refractivity contribution < 1.29 is 9.90 Å². The van der Waals surface area contributed by atoms with E-state index in [2.05, 4.69) is 27.7 Å². The molecule has 3 rings (SSSR count). The van der Waals surface area contributed by atoms with Crippen molar-refractivity contribution in [1.82, 2.24) is 9.78 Å². The van der Waals surface area contributed by atoms with E-state index in [1.807, 2.05) is 24.3 Å². The summed E-state index contributed by atoms with van der Waals surface area (Å²) >= 11 is 0. The van der Waals surface area contributed by atoms with E-state index in [0.717, 1.165) is 11.4 Å². The van der Waals surface area contributed by atoms with Gasteiger partial charge in [-0.1, -0.05) is 25.0 Å². The molecule has 25 heavy (non-hydrogen) atoms. The number of anilines is 3. The molecule has 134 valence electrons. The van der Waals surface area contributed by atoms with E-state index in [1.165, 1.54) is 25.7 Å². The number of carbonyl (C=O) groups excluding carboxylic acids is 1. The topological polar surface area (TPSA) is 82.4 Å². The Kier molecular flexibility index (Phi) is 5.55. The number of amides is 2. The number of hydrogen-bond acceptors (Lipinski definition) is 4. The zero-order valence-corrected chi connectivity index (χ0v) is 14.5. The van der Waals surface area contributed by atoms with Crippen LogP contribution in [0.2, 0.25) is 0 Å². The van der Waals surface area contributed by atoms with Crippen molar-refractivity contribution in [2.75, 3.05) is 29.2 Å². The first kappa shape index (κ1) is 17.3. The van der Waals surface area contributed by atoms with Crippen LogP contribution >= 0.6 is 0 Å². The summed E-state index contributed by atoms with van der Waals surface area (Å²) in [6.45, 7) is 0.409. The molecular formula is C18H25N5O2. The van der Waals surface area contributed by atoms with Gasteiger partial charge in [-0.3, -0.25) is 4.68 Å². The molecule has 3 N–H and O–H groups in total. The number of carbonyl (C=O) groups is 1. The second-order valence-corrected chi connectivity index (χ2v) is 6.36. The molecule has 0 radical (unpaired) electrons. The van der Waals surface area contributed by atoms with Gasteiger partial charge in [0.15, 0.2) is 0 Å². The molecule has 2 aromatic rings. The minimum Gasteiger partial charge on any atom is -0.394 e. The predicted molar refractivity (Wildman–Crippen MR) is 99.1 cm³/mol. The SMILES string of the molecule is CN(c1ccccc1NC(=O)Nc1cnn(CCO)c1)C1CCCC1. The van der Waals surface area contributed by atoms with Gasteiger partial charge in [0.05, 0.1) is 36.4 Å². The molecule has 0 saturated heterocycles. The number of aliphatic hydroxyl groups is 1. The van der Waals surface area contributed by atoms with Crippen LogP contribution in [0.25, 0.3) is 0 Å². The quantitative estimate of drug-likeness (QED) is 0.753. The first-order valence-electron chi connectivity index (χ1n) is 8.70. The van der Waals surface area contributed by atoms with Crippen LogP contribution in [0.1, 0.15) is 25.7 Å². The molecule has 1 aliphatic rings. The summed E-state index contributed by atoms with van der Waals surface area (Å²) in [6.07, 6.45) is 8.17. The fraction of sp³-hybridized carbons (Fsp3) is 0.444. The maximum atomic E-state index is 12.3. The molecule has 0 unspecified atom stereocenters. The third kappa shape index (κ3) is 4.30. The zero-order chi connectivity index (χ0) is 17.6. The summed E-state index contributed by atoms with van der Waals surface area (Å²) in [5.74, 6) is 0. The van der Waals surface area contributed by atoms with Gasteiger partial charge >= 0.3 is 6.03 Å². The van der Waals surface area contributed by atoms with Gasteiger partial charge < -0.3 is 20.6 Å². The fourth-order valence-corrected chi connectivity index (χ4v) is 3.31. The van der Waals surface area contributed by atoms with Gasteiger partial charge in [-0.05, 0) is 25.0 Å². The summed E-state index contributed by atoms with van der Waals surface area (Å²) < 4.78 is 1.58. The van der Waals surface area contributed by atoms with Gasteiger partial charge in [-0.15, -0.1) is 0 Å². The molecule has 0 spiro atoms. The number of benzene rings is 1. The lowest BCUT2D eigenvalue weighted by molar-refractivity contribution is 0.262. The van der Waals surface area contributed by atoms with Crippen molar-refractivity contribution in [3.63, 3.8) is 0 Å². The van der Waals surface area contributed by atoms with Crippen molar-refractivity contribution in [3.8, 4) is 0 Å². The molecule has 0 bridgehead atoms. The van der Waals surface area contributed by atoms with Crippen molar-refractivity contribution in [2.24, 2.45) is 0 Å². The van der Waals surface area contributed by atoms with Crippen LogP contribution in [-0.4, -0.2) is 40.6 Å². The number of aliphatic hydroxyl groups excluding tert-OH is 1. The number of hydrogen-bond donors (Lipinski definition) is 3. The molecule has 7 heteroatoms. The lowest BCUT2D eigenvalue weighted by Crippen LogP contribution is -2.30. The number of nitrogens with one attached hydrogen (secondary N) is 2. The minimum atomic E-state index is -0.309. The van der Waals surface area contributed by atoms with Crippen molar-refractivity contribution >= 4 is 23.1 Å². The van der Waals surface area contributed by atoms with Crippen molar-refractivity contribution in [1.29, 1.82) is 0 Å². The first-order chi connectivity index (χ1) is 12.2. The highest BCUT2D eigenvalue weighted by molar-refractivity contribution is 6.01. The Balaban J connectivity index is 1.66. The Morgan fingerprint density at radius 2 is 2.08 bits per heavy atom. The van der Waals surface area contributed by atoms with Crippen LogP contribution in [0.3, 0.4) is 0 Å². The van der Waals surface area contributed by atoms with Crippen LogP contribution in [0, 0.1) is 0 Å². The second-order valence-electron chi connectivity index (χ2n) is 6.36. The van der Waals surface area contributed by atoms with E-state index in [1.54, 1.807) is 17.1 Å². The Bertz CT molecular complexity index is 709. The maximum Gasteiger partial charge on any atom is 0.323 e. The third-order valence-corrected chi connectivity index (χ3v) is 4.62. The molecule has 0 atom stereocenters. The normalized spacial score (nSPS) is 14.5. The van der Waals surface area contributed by atoms with E-state index >= 15 is 0 Å². The fourth-order valence-electron chi connectivity index (χ4n) is 3.31. The van der Waals surface area contributed by atoms with Gasteiger partial charge in [0.1, 0.15) is 0 Å². The van der Waals surface area contributed by atoms with E-state index in [9.17, 15) is 4.79 Å². The van der Waals surface area contributed by atoms with Gasteiger partial charge in [-0.2, -0.15) is 5.10 Å². The molecule has 1 aromatic carbocycles. The molecule has 1 heterocycles. The van der Waals surface area contributed by atoms with E-state index < -0.39 is 0 Å². The third-order valence-electron chi connectivity index (χ3n) is 4.62. The van der Waals surface area contributed by atoms with E-state index in [4.69, 9.17) is 5.11 Å². The van der Waals surface area contributed by atoms with Gasteiger partial charge in [0, 0.05) is 19.3 Å². The highest BCUT2D eigenvalue weighted by Crippen LogP contribution is 2.31. The molecule has 1 saturated carbocycles. The molecule has 0 aliphatic heterocycles. The smallest absolute Gasteiger partial charge is 0.323 e. The second kappa shape index (κ2) is 8.02. The summed E-state index contributed by atoms with van der Waals surface area (Å²) in [5, 5.41) is 18.7. The van der Waals surface area contributed by atoms with E-state index in [0.29, 0.717) is 18.3 Å². The molecule has 1 aromatic heterocycles. The first-order valence-corrected chi connectivity index (χ1v) is 8.70. The summed E-state index contributed by atoms with van der Waals surface area (Å²) in [4.78, 5) is 14.6. The van der Waals surface area contributed by atoms with Crippen molar-refractivity contribution in [3.05, 3.63) is 36.7 Å². The number of para-hydroxylation sites is 2. The highest BCUT2D eigenvalue weighted by atomic mass is 16.3. The Morgan fingerprint density at radius 1 is 1.32 bits per heavy atom. The number of aromatic nitrogens is 2. The van der Waals surface area contributed by atoms with Crippen LogP contribution in [0.4, 0.5) is 21.9 Å². The average Bonchev–Trinajstić information content (AvgIpc) is 3.27. The Labute approximate surface area is 147 Å². The molecule has 1 fully saturated rings. The van der Waals surface area contributed by atoms with Gasteiger partial charge in [-0.25, -0.2) is 4.79 Å². The van der Waals surface area contributed by atoms with Crippen molar-refractivity contribution in [2.45, 2.75) is 38.3 Å². The van der Waals surface area contributed by atoms with E-state index in [-0.39, 0.29) is 12.6 Å². The lowest BCUT2D eigenvalue weighted by atomic mass is 10.1. The highest BCUT2D eigenvalue weighted by Gasteiger charge is 2.21. The molecule has 1 aliphatic carbocycles. The Morgan fingerprint density at radius 3 is 2.84 bits per heavy atom. The number of urea groups is 1. The van der Waals surface area contributed by atoms with Crippen LogP contribution in [-0.2, 0) is 6.54 Å². The summed E-state index contributed by atoms with van der Waals surface area (Å²) in [5.41, 5.74) is 2.41. The molecule has 7 nitrogen and oxygen atoms in total. The summed E-state index contributed by atoms with van der Waals surface area (Å²) in [6, 6.07) is 8.07. The zero-order valence-electron chi connectivity index (χ0n) is 14.5. The molecular weight excluding hydrogens is 318 g/mol. The number of nitrogens with zero attached hydrogens (tertiary/aromatic N) is 3. The van der Waals surface area contributed by atoms with Crippen LogP contribution in [0.15, 0.2) is 36.7 Å². The predicted octanol–water partition coefficient (Wildman–Crippen LogP) is 2.90. The van der Waals surface area contributed by atoms with Gasteiger partial charge in [0.2, 0.25) is 0 Å². The monoisotopic (exact) mass is 343 g/mol. The van der Waals surface area contributed by atoms with Crippen LogP contribution in [0.5, 0.6) is 0 Å². The largest absolute Gasteiger partial charge is 0.394 e. The average molecular weight is 343 g/mol. The van der Waals surface area contributed by atoms with Gasteiger partial charge in [0.25, 0.3) is 0 Å². The standard InChI is InChI=1S/C18H25N5O2/c1-22(15-6-2-3-7-15)17-9-5-4-8-16(17)21-18(25)20-14-12-19-23(13-14)10-11-24/h4-5,8-9,12-13,15,24H,2-3,6-7,10-11H2,1H3,(H2,20,21,25). The maximum absolute atomic E-state index is 12.3. The molecule has 2 amide bonds. The minimum absolute atomic E-state index is 0.00813.